The van der Waals surface area contributed by atoms with E-state index in [1.165, 1.54) is 0 Å². The number of amides is 2. The zero-order valence-electron chi connectivity index (χ0n) is 14.1. The van der Waals surface area contributed by atoms with Crippen LogP contribution in [0.1, 0.15) is 43.7 Å². The van der Waals surface area contributed by atoms with Crippen molar-refractivity contribution >= 4 is 17.8 Å². The highest BCUT2D eigenvalue weighted by Crippen LogP contribution is 2.22. The summed E-state index contributed by atoms with van der Waals surface area (Å²) in [6.07, 6.45) is 1.78. The van der Waals surface area contributed by atoms with Crippen molar-refractivity contribution in [1.29, 1.82) is 0 Å². The number of carbonyl (C=O) groups is 3. The predicted molar refractivity (Wildman–Crippen MR) is 89.2 cm³/mol. The van der Waals surface area contributed by atoms with Crippen molar-refractivity contribution in [1.82, 2.24) is 10.2 Å². The molecule has 0 radical (unpaired) electrons. The monoisotopic (exact) mass is 332 g/mol. The lowest BCUT2D eigenvalue weighted by Crippen LogP contribution is -2.49. The first-order valence-electron chi connectivity index (χ1n) is 8.30. The van der Waals surface area contributed by atoms with Gasteiger partial charge in [-0.25, -0.2) is 4.79 Å². The summed E-state index contributed by atoms with van der Waals surface area (Å²) in [5, 5.41) is 11.8. The van der Waals surface area contributed by atoms with Gasteiger partial charge in [-0.2, -0.15) is 0 Å². The Morgan fingerprint density at radius 1 is 1.33 bits per heavy atom. The summed E-state index contributed by atoms with van der Waals surface area (Å²) in [6.45, 7) is 4.22. The highest BCUT2D eigenvalue weighted by molar-refractivity contribution is 5.92. The SMILES string of the molecule is CCC[C@H](NC(=O)[C@@H]1CCC(=O)N1Cc1ccc(C)cc1)C(=O)O. The summed E-state index contributed by atoms with van der Waals surface area (Å²) < 4.78 is 0. The van der Waals surface area contributed by atoms with Crippen molar-refractivity contribution in [2.45, 2.75) is 58.2 Å². The number of carbonyl (C=O) groups excluding carboxylic acids is 2. The summed E-state index contributed by atoms with van der Waals surface area (Å²) in [6, 6.07) is 6.30. The maximum atomic E-state index is 12.5. The number of likely N-dealkylation sites (tertiary alicyclic amines) is 1. The second-order valence-corrected chi connectivity index (χ2v) is 6.25. The minimum atomic E-state index is -1.04. The van der Waals surface area contributed by atoms with Crippen molar-refractivity contribution in [3.63, 3.8) is 0 Å². The second-order valence-electron chi connectivity index (χ2n) is 6.25. The molecule has 0 unspecified atom stereocenters. The van der Waals surface area contributed by atoms with Crippen molar-refractivity contribution in [2.75, 3.05) is 0 Å². The number of aliphatic carboxylic acids is 1. The number of carboxylic acids is 1. The molecule has 6 nitrogen and oxygen atoms in total. The molecule has 1 aliphatic heterocycles. The van der Waals surface area contributed by atoms with E-state index in [4.69, 9.17) is 0 Å². The molecule has 2 atom stereocenters. The van der Waals surface area contributed by atoms with Gasteiger partial charge >= 0.3 is 5.97 Å². The molecule has 130 valence electrons. The molecule has 2 N–H and O–H groups in total. The molecule has 1 saturated heterocycles. The molecule has 0 aromatic heterocycles. The zero-order valence-corrected chi connectivity index (χ0v) is 14.1. The molecule has 1 heterocycles. The van der Waals surface area contributed by atoms with Gasteiger partial charge in [0.25, 0.3) is 0 Å². The fourth-order valence-corrected chi connectivity index (χ4v) is 2.91. The third kappa shape index (κ3) is 4.34. The summed E-state index contributed by atoms with van der Waals surface area (Å²) in [5.41, 5.74) is 2.08. The molecule has 2 rings (SSSR count). The van der Waals surface area contributed by atoms with Gasteiger partial charge in [0, 0.05) is 13.0 Å². The number of rotatable bonds is 7. The molecule has 1 aromatic carbocycles. The summed E-state index contributed by atoms with van der Waals surface area (Å²) in [5.74, 6) is -1.49. The third-order valence-corrected chi connectivity index (χ3v) is 4.30. The van der Waals surface area contributed by atoms with E-state index in [0.29, 0.717) is 32.2 Å². The fourth-order valence-electron chi connectivity index (χ4n) is 2.91. The number of benzene rings is 1. The van der Waals surface area contributed by atoms with Crippen LogP contribution in [0.2, 0.25) is 0 Å². The van der Waals surface area contributed by atoms with Crippen LogP contribution >= 0.6 is 0 Å². The van der Waals surface area contributed by atoms with Crippen LogP contribution in [0.5, 0.6) is 0 Å². The number of hydrogen-bond donors (Lipinski definition) is 2. The Morgan fingerprint density at radius 3 is 2.58 bits per heavy atom. The maximum absolute atomic E-state index is 12.5. The number of aryl methyl sites for hydroxylation is 1. The van der Waals surface area contributed by atoms with Gasteiger partial charge in [-0.15, -0.1) is 0 Å². The summed E-state index contributed by atoms with van der Waals surface area (Å²) in [7, 11) is 0. The number of nitrogens with zero attached hydrogens (tertiary/aromatic N) is 1. The third-order valence-electron chi connectivity index (χ3n) is 4.30. The lowest BCUT2D eigenvalue weighted by atomic mass is 10.1. The largest absolute Gasteiger partial charge is 0.480 e. The molecule has 24 heavy (non-hydrogen) atoms. The maximum Gasteiger partial charge on any atom is 0.326 e. The molecule has 6 heteroatoms. The van der Waals surface area contributed by atoms with Crippen molar-refractivity contribution in [3.05, 3.63) is 35.4 Å². The van der Waals surface area contributed by atoms with Crippen LogP contribution in [0.4, 0.5) is 0 Å². The Labute approximate surface area is 141 Å². The van der Waals surface area contributed by atoms with E-state index in [2.05, 4.69) is 5.32 Å². The first-order chi connectivity index (χ1) is 11.4. The average Bonchev–Trinajstić information content (AvgIpc) is 2.90. The van der Waals surface area contributed by atoms with Crippen LogP contribution in [0, 0.1) is 6.92 Å². The molecular weight excluding hydrogens is 308 g/mol. The Balaban J connectivity index is 2.07. The van der Waals surface area contributed by atoms with Crippen LogP contribution in [-0.2, 0) is 20.9 Å². The Kier molecular flexibility index (Phi) is 5.95. The van der Waals surface area contributed by atoms with Gasteiger partial charge in [0.1, 0.15) is 12.1 Å². The van der Waals surface area contributed by atoms with Gasteiger partial charge in [-0.1, -0.05) is 43.2 Å². The normalized spacial score (nSPS) is 18.5. The van der Waals surface area contributed by atoms with Crippen molar-refractivity contribution < 1.29 is 19.5 Å². The summed E-state index contributed by atoms with van der Waals surface area (Å²) in [4.78, 5) is 37.4. The van der Waals surface area contributed by atoms with Gasteiger partial charge in [-0.05, 0) is 25.3 Å². The minimum absolute atomic E-state index is 0.0712. The van der Waals surface area contributed by atoms with E-state index < -0.39 is 18.1 Å². The van der Waals surface area contributed by atoms with E-state index in [1.54, 1.807) is 4.90 Å². The van der Waals surface area contributed by atoms with Crippen LogP contribution in [-0.4, -0.2) is 39.9 Å². The Hall–Kier alpha value is -2.37. The number of nitrogens with one attached hydrogen (secondary N) is 1. The van der Waals surface area contributed by atoms with Gasteiger partial charge in [-0.3, -0.25) is 9.59 Å². The Bertz CT molecular complexity index is 612. The highest BCUT2D eigenvalue weighted by atomic mass is 16.4. The summed E-state index contributed by atoms with van der Waals surface area (Å²) >= 11 is 0. The van der Waals surface area contributed by atoms with E-state index in [0.717, 1.165) is 11.1 Å². The first kappa shape index (κ1) is 18.0. The predicted octanol–water partition coefficient (Wildman–Crippen LogP) is 1.86. The van der Waals surface area contributed by atoms with E-state index >= 15 is 0 Å². The molecule has 1 fully saturated rings. The van der Waals surface area contributed by atoms with Gasteiger partial charge in [0.15, 0.2) is 0 Å². The lowest BCUT2D eigenvalue weighted by Gasteiger charge is -2.25. The highest BCUT2D eigenvalue weighted by Gasteiger charge is 2.37. The van der Waals surface area contributed by atoms with Gasteiger partial charge < -0.3 is 15.3 Å². The van der Waals surface area contributed by atoms with Crippen LogP contribution < -0.4 is 5.32 Å². The van der Waals surface area contributed by atoms with Crippen molar-refractivity contribution in [3.8, 4) is 0 Å². The van der Waals surface area contributed by atoms with Crippen LogP contribution in [0.25, 0.3) is 0 Å². The van der Waals surface area contributed by atoms with Crippen molar-refractivity contribution in [2.24, 2.45) is 0 Å². The second kappa shape index (κ2) is 7.95. The van der Waals surface area contributed by atoms with E-state index in [1.807, 2.05) is 38.1 Å². The van der Waals surface area contributed by atoms with Crippen LogP contribution in [0.3, 0.4) is 0 Å². The smallest absolute Gasteiger partial charge is 0.326 e. The quantitative estimate of drug-likeness (QED) is 0.798. The molecule has 2 amide bonds. The van der Waals surface area contributed by atoms with Gasteiger partial charge in [0.2, 0.25) is 11.8 Å². The topological polar surface area (TPSA) is 86.7 Å². The molecule has 0 saturated carbocycles. The molecule has 1 aliphatic rings. The standard InChI is InChI=1S/C18H24N2O4/c1-3-4-14(18(23)24)19-17(22)15-9-10-16(21)20(15)11-13-7-5-12(2)6-8-13/h5-8,14-15H,3-4,9-11H2,1-2H3,(H,19,22)(H,23,24)/t14-,15-/m0/s1. The fraction of sp³-hybridized carbons (Fsp3) is 0.500. The average molecular weight is 332 g/mol. The Morgan fingerprint density at radius 2 is 2.00 bits per heavy atom. The molecule has 0 aliphatic carbocycles. The molecule has 1 aromatic rings. The van der Waals surface area contributed by atoms with E-state index in [9.17, 15) is 19.5 Å². The molecule has 0 spiro atoms. The van der Waals surface area contributed by atoms with Crippen LogP contribution in [0.15, 0.2) is 24.3 Å². The first-order valence-corrected chi connectivity index (χ1v) is 8.30. The lowest BCUT2D eigenvalue weighted by molar-refractivity contribution is -0.143. The number of carboxylic acid groups (broad SMARTS) is 1. The molecular formula is C18H24N2O4. The number of hydrogen-bond acceptors (Lipinski definition) is 3. The minimum Gasteiger partial charge on any atom is -0.480 e. The van der Waals surface area contributed by atoms with E-state index in [-0.39, 0.29) is 11.8 Å². The molecule has 0 bridgehead atoms. The van der Waals surface area contributed by atoms with Gasteiger partial charge in [0.05, 0.1) is 0 Å². The zero-order chi connectivity index (χ0) is 17.7.